The first-order chi connectivity index (χ1) is 8.83. The molecule has 0 fully saturated rings. The van der Waals surface area contributed by atoms with Crippen LogP contribution in [-0.2, 0) is 4.74 Å². The Kier molecular flexibility index (Phi) is 5.47. The molecule has 0 aliphatic carbocycles. The summed E-state index contributed by atoms with van der Waals surface area (Å²) in [6.45, 7) is -0.0760. The summed E-state index contributed by atoms with van der Waals surface area (Å²) in [5, 5.41) is 0.125. The van der Waals surface area contributed by atoms with Gasteiger partial charge in [0.25, 0.3) is 0 Å². The molecule has 106 valence electrons. The minimum absolute atomic E-state index is 0.0760. The molecule has 0 bridgehead atoms. The van der Waals surface area contributed by atoms with E-state index in [2.05, 4.69) is 4.74 Å². The molecule has 19 heavy (non-hydrogen) atoms. The number of hydrogen-bond donors (Lipinski definition) is 0. The average molecular weight is 297 g/mol. The quantitative estimate of drug-likeness (QED) is 0.611. The van der Waals surface area contributed by atoms with Crippen LogP contribution in [0.3, 0.4) is 0 Å². The Morgan fingerprint density at radius 3 is 2.58 bits per heavy atom. The van der Waals surface area contributed by atoms with E-state index in [1.807, 2.05) is 0 Å². The first-order valence-corrected chi connectivity index (χ1v) is 5.78. The number of alkyl halides is 3. The van der Waals surface area contributed by atoms with Crippen LogP contribution in [0.25, 0.3) is 0 Å². The van der Waals surface area contributed by atoms with Gasteiger partial charge in [-0.15, -0.1) is 0 Å². The van der Waals surface area contributed by atoms with Gasteiger partial charge in [-0.1, -0.05) is 11.6 Å². The molecule has 0 radical (unpaired) electrons. The summed E-state index contributed by atoms with van der Waals surface area (Å²) in [6, 6.07) is 4.21. The summed E-state index contributed by atoms with van der Waals surface area (Å²) in [4.78, 5) is 11.2. The van der Waals surface area contributed by atoms with Crippen molar-refractivity contribution in [2.45, 2.75) is 19.0 Å². The van der Waals surface area contributed by atoms with Gasteiger partial charge in [-0.2, -0.15) is 13.2 Å². The van der Waals surface area contributed by atoms with Crippen molar-refractivity contribution in [3.63, 3.8) is 0 Å². The Balaban J connectivity index is 2.52. The molecule has 1 rings (SSSR count). The van der Waals surface area contributed by atoms with Crippen LogP contribution < -0.4 is 4.74 Å². The zero-order chi connectivity index (χ0) is 14.5. The summed E-state index contributed by atoms with van der Waals surface area (Å²) in [5.41, 5.74) is 0.173. The molecule has 1 aromatic rings. The van der Waals surface area contributed by atoms with Crippen LogP contribution in [0.2, 0.25) is 5.02 Å². The topological polar surface area (TPSA) is 35.5 Å². The predicted octanol–water partition coefficient (Wildman–Crippen LogP) is 3.85. The van der Waals surface area contributed by atoms with Crippen molar-refractivity contribution in [3.8, 4) is 5.75 Å². The third kappa shape index (κ3) is 5.38. The van der Waals surface area contributed by atoms with Crippen LogP contribution in [0.15, 0.2) is 18.2 Å². The number of ether oxygens (including phenoxy) is 2. The van der Waals surface area contributed by atoms with E-state index >= 15 is 0 Å². The first-order valence-electron chi connectivity index (χ1n) is 5.41. The lowest BCUT2D eigenvalue weighted by molar-refractivity contribution is -0.136. The molecule has 0 unspecified atom stereocenters. The molecular weight excluding hydrogens is 285 g/mol. The van der Waals surface area contributed by atoms with E-state index < -0.39 is 18.6 Å². The standard InChI is InChI=1S/C12H12ClF3O3/c1-18-11(17)9-4-3-8(7-10(9)13)19-6-2-5-12(14,15)16/h3-4,7H,2,5-6H2,1H3. The fraction of sp³-hybridized carbons (Fsp3) is 0.417. The number of carbonyl (C=O) groups is 1. The summed E-state index contributed by atoms with van der Waals surface area (Å²) in [5.74, 6) is -0.284. The highest BCUT2D eigenvalue weighted by Gasteiger charge is 2.26. The summed E-state index contributed by atoms with van der Waals surface area (Å²) >= 11 is 5.83. The fourth-order valence-electron chi connectivity index (χ4n) is 1.32. The van der Waals surface area contributed by atoms with Crippen molar-refractivity contribution >= 4 is 17.6 Å². The van der Waals surface area contributed by atoms with Gasteiger partial charge in [-0.3, -0.25) is 0 Å². The van der Waals surface area contributed by atoms with E-state index in [4.69, 9.17) is 16.3 Å². The van der Waals surface area contributed by atoms with Crippen molar-refractivity contribution in [3.05, 3.63) is 28.8 Å². The molecule has 0 spiro atoms. The number of carbonyl (C=O) groups excluding carboxylic acids is 1. The van der Waals surface area contributed by atoms with Gasteiger partial charge in [-0.25, -0.2) is 4.79 Å². The lowest BCUT2D eigenvalue weighted by Gasteiger charge is -2.09. The van der Waals surface area contributed by atoms with Gasteiger partial charge in [0.15, 0.2) is 0 Å². The van der Waals surface area contributed by atoms with Crippen molar-refractivity contribution in [1.29, 1.82) is 0 Å². The second-order valence-electron chi connectivity index (χ2n) is 3.70. The first kappa shape index (κ1) is 15.6. The average Bonchev–Trinajstić information content (AvgIpc) is 2.33. The smallest absolute Gasteiger partial charge is 0.389 e. The monoisotopic (exact) mass is 296 g/mol. The van der Waals surface area contributed by atoms with Gasteiger partial charge in [0.2, 0.25) is 0 Å². The maximum absolute atomic E-state index is 11.9. The van der Waals surface area contributed by atoms with Gasteiger partial charge < -0.3 is 9.47 Å². The second kappa shape index (κ2) is 6.65. The van der Waals surface area contributed by atoms with Gasteiger partial charge in [0.1, 0.15) is 5.75 Å². The zero-order valence-corrected chi connectivity index (χ0v) is 10.8. The highest BCUT2D eigenvalue weighted by molar-refractivity contribution is 6.33. The fourth-order valence-corrected chi connectivity index (χ4v) is 1.57. The molecule has 0 saturated carbocycles. The molecule has 0 saturated heterocycles. The number of methoxy groups -OCH3 is 1. The number of halogens is 4. The molecule has 0 aliphatic heterocycles. The number of esters is 1. The van der Waals surface area contributed by atoms with Gasteiger partial charge in [0.05, 0.1) is 24.3 Å². The Bertz CT molecular complexity index is 446. The lowest BCUT2D eigenvalue weighted by atomic mass is 10.2. The van der Waals surface area contributed by atoms with Crippen LogP contribution in [0.5, 0.6) is 5.75 Å². The SMILES string of the molecule is COC(=O)c1ccc(OCCCC(F)(F)F)cc1Cl. The molecule has 0 aliphatic rings. The Labute approximate surface area is 113 Å². The third-order valence-electron chi connectivity index (χ3n) is 2.22. The van der Waals surface area contributed by atoms with Gasteiger partial charge >= 0.3 is 12.1 Å². The maximum atomic E-state index is 11.9. The predicted molar refractivity (Wildman–Crippen MR) is 63.6 cm³/mol. The Morgan fingerprint density at radius 1 is 1.37 bits per heavy atom. The lowest BCUT2D eigenvalue weighted by Crippen LogP contribution is -2.09. The number of hydrogen-bond acceptors (Lipinski definition) is 3. The van der Waals surface area contributed by atoms with Crippen LogP contribution in [0.1, 0.15) is 23.2 Å². The zero-order valence-electron chi connectivity index (χ0n) is 10.1. The molecule has 0 atom stereocenters. The van der Waals surface area contributed by atoms with Crippen molar-refractivity contribution in [1.82, 2.24) is 0 Å². The molecular formula is C12H12ClF3O3. The molecule has 7 heteroatoms. The molecule has 0 N–H and O–H groups in total. The second-order valence-corrected chi connectivity index (χ2v) is 4.11. The Morgan fingerprint density at radius 2 is 2.05 bits per heavy atom. The molecule has 0 amide bonds. The van der Waals surface area contributed by atoms with E-state index in [1.54, 1.807) is 0 Å². The maximum Gasteiger partial charge on any atom is 0.389 e. The highest BCUT2D eigenvalue weighted by atomic mass is 35.5. The van der Waals surface area contributed by atoms with Crippen LogP contribution in [-0.4, -0.2) is 25.9 Å². The van der Waals surface area contributed by atoms with E-state index in [9.17, 15) is 18.0 Å². The van der Waals surface area contributed by atoms with Crippen molar-refractivity contribution < 1.29 is 27.4 Å². The minimum Gasteiger partial charge on any atom is -0.494 e. The minimum atomic E-state index is -4.18. The third-order valence-corrected chi connectivity index (χ3v) is 2.53. The highest BCUT2D eigenvalue weighted by Crippen LogP contribution is 2.24. The summed E-state index contributed by atoms with van der Waals surface area (Å²) in [6.07, 6.45) is -5.23. The van der Waals surface area contributed by atoms with Crippen LogP contribution in [0, 0.1) is 0 Å². The van der Waals surface area contributed by atoms with Gasteiger partial charge in [-0.05, 0) is 24.6 Å². The van der Waals surface area contributed by atoms with E-state index in [0.717, 1.165) is 0 Å². The van der Waals surface area contributed by atoms with Gasteiger partial charge in [0, 0.05) is 6.42 Å². The van der Waals surface area contributed by atoms with E-state index in [-0.39, 0.29) is 23.6 Å². The summed E-state index contributed by atoms with van der Waals surface area (Å²) in [7, 11) is 1.22. The molecule has 0 heterocycles. The Hall–Kier alpha value is -1.43. The largest absolute Gasteiger partial charge is 0.494 e. The molecule has 3 nitrogen and oxygen atoms in total. The summed E-state index contributed by atoms with van der Waals surface area (Å²) < 4.78 is 45.3. The van der Waals surface area contributed by atoms with E-state index in [0.29, 0.717) is 5.75 Å². The normalized spacial score (nSPS) is 11.2. The van der Waals surface area contributed by atoms with Crippen LogP contribution in [0.4, 0.5) is 13.2 Å². The van der Waals surface area contributed by atoms with Crippen molar-refractivity contribution in [2.75, 3.05) is 13.7 Å². The molecule has 1 aromatic carbocycles. The number of rotatable bonds is 5. The van der Waals surface area contributed by atoms with Crippen molar-refractivity contribution in [2.24, 2.45) is 0 Å². The van der Waals surface area contributed by atoms with Crippen LogP contribution >= 0.6 is 11.6 Å². The number of benzene rings is 1. The van der Waals surface area contributed by atoms with E-state index in [1.165, 1.54) is 25.3 Å². The molecule has 0 aromatic heterocycles.